The van der Waals surface area contributed by atoms with Crippen molar-refractivity contribution in [2.75, 3.05) is 13.2 Å². The molecule has 0 saturated carbocycles. The molecule has 0 heterocycles. The molecule has 0 bridgehead atoms. The standard InChI is InChI=1S/C25H31FO2/c1-3-5-7-8-9-17-28-24-15-14-22-21-13-11-20(27-16-6-4-2)18-19(21)10-12-23(22)25(24)26/h10-15,18H,3-9,16-17H2,1-2H3. The Morgan fingerprint density at radius 3 is 2.21 bits per heavy atom. The summed E-state index contributed by atoms with van der Waals surface area (Å²) in [6.45, 7) is 5.64. The zero-order chi connectivity index (χ0) is 19.8. The van der Waals surface area contributed by atoms with Crippen molar-refractivity contribution in [3.63, 3.8) is 0 Å². The van der Waals surface area contributed by atoms with Gasteiger partial charge in [0.1, 0.15) is 5.75 Å². The molecule has 2 nitrogen and oxygen atoms in total. The molecule has 0 aliphatic carbocycles. The molecule has 150 valence electrons. The predicted octanol–water partition coefficient (Wildman–Crippen LogP) is 7.66. The number of rotatable bonds is 11. The zero-order valence-electron chi connectivity index (χ0n) is 17.1. The molecule has 0 aromatic heterocycles. The molecular formula is C25H31FO2. The Hall–Kier alpha value is -2.29. The molecule has 0 atom stereocenters. The SMILES string of the molecule is CCCCCCCOc1ccc2c(ccc3cc(OCCCC)ccc32)c1F. The van der Waals surface area contributed by atoms with Crippen molar-refractivity contribution in [1.82, 2.24) is 0 Å². The Bertz CT molecular complexity index is 904. The van der Waals surface area contributed by atoms with Gasteiger partial charge in [-0.25, -0.2) is 4.39 Å². The minimum Gasteiger partial charge on any atom is -0.494 e. The van der Waals surface area contributed by atoms with Crippen LogP contribution >= 0.6 is 0 Å². The molecule has 0 aliphatic heterocycles. The summed E-state index contributed by atoms with van der Waals surface area (Å²) >= 11 is 0. The van der Waals surface area contributed by atoms with Crippen LogP contribution in [-0.2, 0) is 0 Å². The van der Waals surface area contributed by atoms with E-state index in [2.05, 4.69) is 13.8 Å². The molecule has 0 aliphatic rings. The van der Waals surface area contributed by atoms with E-state index < -0.39 is 0 Å². The van der Waals surface area contributed by atoms with Gasteiger partial charge in [-0.15, -0.1) is 0 Å². The maximum Gasteiger partial charge on any atom is 0.172 e. The zero-order valence-corrected chi connectivity index (χ0v) is 17.1. The summed E-state index contributed by atoms with van der Waals surface area (Å²) in [5, 5.41) is 3.61. The lowest BCUT2D eigenvalue weighted by Gasteiger charge is -2.12. The summed E-state index contributed by atoms with van der Waals surface area (Å²) in [4.78, 5) is 0. The molecule has 3 heteroatoms. The largest absolute Gasteiger partial charge is 0.494 e. The van der Waals surface area contributed by atoms with Crippen molar-refractivity contribution in [3.05, 3.63) is 48.3 Å². The van der Waals surface area contributed by atoms with E-state index in [0.717, 1.165) is 54.2 Å². The third-order valence-corrected chi connectivity index (χ3v) is 5.16. The van der Waals surface area contributed by atoms with Gasteiger partial charge in [-0.05, 0) is 53.3 Å². The van der Waals surface area contributed by atoms with Gasteiger partial charge in [0.2, 0.25) is 0 Å². The predicted molar refractivity (Wildman–Crippen MR) is 116 cm³/mol. The summed E-state index contributed by atoms with van der Waals surface area (Å²) in [6.07, 6.45) is 7.95. The van der Waals surface area contributed by atoms with Gasteiger partial charge in [0.25, 0.3) is 0 Å². The molecule has 3 rings (SSSR count). The van der Waals surface area contributed by atoms with Gasteiger partial charge in [-0.2, -0.15) is 0 Å². The fourth-order valence-corrected chi connectivity index (χ4v) is 3.49. The van der Waals surface area contributed by atoms with E-state index in [9.17, 15) is 4.39 Å². The second-order valence-electron chi connectivity index (χ2n) is 7.39. The van der Waals surface area contributed by atoms with Crippen LogP contribution in [0.3, 0.4) is 0 Å². The van der Waals surface area contributed by atoms with E-state index >= 15 is 0 Å². The molecular weight excluding hydrogens is 351 g/mol. The molecule has 28 heavy (non-hydrogen) atoms. The van der Waals surface area contributed by atoms with Crippen molar-refractivity contribution < 1.29 is 13.9 Å². The fourth-order valence-electron chi connectivity index (χ4n) is 3.49. The van der Waals surface area contributed by atoms with Crippen molar-refractivity contribution in [2.45, 2.75) is 58.8 Å². The molecule has 3 aromatic rings. The van der Waals surface area contributed by atoms with Crippen LogP contribution in [0, 0.1) is 5.82 Å². The molecule has 0 unspecified atom stereocenters. The monoisotopic (exact) mass is 382 g/mol. The van der Waals surface area contributed by atoms with Crippen LogP contribution in [-0.4, -0.2) is 13.2 Å². The number of ether oxygens (including phenoxy) is 2. The number of unbranched alkanes of at least 4 members (excludes halogenated alkanes) is 5. The van der Waals surface area contributed by atoms with E-state index in [4.69, 9.17) is 9.47 Å². The van der Waals surface area contributed by atoms with Crippen LogP contribution in [0.1, 0.15) is 58.8 Å². The number of fused-ring (bicyclic) bond motifs is 3. The highest BCUT2D eigenvalue weighted by atomic mass is 19.1. The van der Waals surface area contributed by atoms with Crippen LogP contribution in [0.15, 0.2) is 42.5 Å². The second kappa shape index (κ2) is 10.3. The lowest BCUT2D eigenvalue weighted by atomic mass is 10.0. The van der Waals surface area contributed by atoms with Gasteiger partial charge in [0.15, 0.2) is 11.6 Å². The lowest BCUT2D eigenvalue weighted by molar-refractivity contribution is 0.291. The smallest absolute Gasteiger partial charge is 0.172 e. The van der Waals surface area contributed by atoms with Crippen molar-refractivity contribution in [1.29, 1.82) is 0 Å². The van der Waals surface area contributed by atoms with Crippen LogP contribution in [0.4, 0.5) is 4.39 Å². The fraction of sp³-hybridized carbons (Fsp3) is 0.440. The molecule has 0 spiro atoms. The van der Waals surface area contributed by atoms with Crippen molar-refractivity contribution >= 4 is 21.5 Å². The Morgan fingerprint density at radius 2 is 1.39 bits per heavy atom. The minimum absolute atomic E-state index is 0.267. The van der Waals surface area contributed by atoms with Crippen molar-refractivity contribution in [3.8, 4) is 11.5 Å². The van der Waals surface area contributed by atoms with Crippen LogP contribution in [0.5, 0.6) is 11.5 Å². The first-order valence-electron chi connectivity index (χ1n) is 10.6. The average Bonchev–Trinajstić information content (AvgIpc) is 2.72. The number of halogens is 1. The summed E-state index contributed by atoms with van der Waals surface area (Å²) in [5.74, 6) is 0.946. The van der Waals surface area contributed by atoms with Gasteiger partial charge < -0.3 is 9.47 Å². The number of hydrogen-bond acceptors (Lipinski definition) is 2. The Morgan fingerprint density at radius 1 is 0.679 bits per heavy atom. The average molecular weight is 383 g/mol. The number of hydrogen-bond donors (Lipinski definition) is 0. The first-order chi connectivity index (χ1) is 13.7. The quantitative estimate of drug-likeness (QED) is 0.250. The first kappa shape index (κ1) is 20.4. The minimum atomic E-state index is -0.267. The second-order valence-corrected chi connectivity index (χ2v) is 7.39. The third kappa shape index (κ3) is 4.95. The molecule has 0 saturated heterocycles. The Labute approximate surface area is 167 Å². The maximum atomic E-state index is 15.0. The van der Waals surface area contributed by atoms with Gasteiger partial charge in [0, 0.05) is 5.39 Å². The summed E-state index contributed by atoms with van der Waals surface area (Å²) in [7, 11) is 0. The Balaban J connectivity index is 1.75. The summed E-state index contributed by atoms with van der Waals surface area (Å²) in [5.41, 5.74) is 0. The molecule has 0 radical (unpaired) electrons. The van der Waals surface area contributed by atoms with E-state index in [1.807, 2.05) is 36.4 Å². The molecule has 0 amide bonds. The molecule has 0 fully saturated rings. The van der Waals surface area contributed by atoms with E-state index in [-0.39, 0.29) is 5.82 Å². The van der Waals surface area contributed by atoms with Crippen LogP contribution in [0.25, 0.3) is 21.5 Å². The molecule has 3 aromatic carbocycles. The highest BCUT2D eigenvalue weighted by Gasteiger charge is 2.11. The maximum absolute atomic E-state index is 15.0. The summed E-state index contributed by atoms with van der Waals surface area (Å²) < 4.78 is 26.5. The lowest BCUT2D eigenvalue weighted by Crippen LogP contribution is -2.00. The van der Waals surface area contributed by atoms with E-state index in [1.54, 1.807) is 6.07 Å². The van der Waals surface area contributed by atoms with Crippen LogP contribution in [0.2, 0.25) is 0 Å². The van der Waals surface area contributed by atoms with E-state index in [0.29, 0.717) is 17.7 Å². The van der Waals surface area contributed by atoms with Gasteiger partial charge in [-0.3, -0.25) is 0 Å². The first-order valence-corrected chi connectivity index (χ1v) is 10.6. The molecule has 0 N–H and O–H groups in total. The third-order valence-electron chi connectivity index (χ3n) is 5.16. The summed E-state index contributed by atoms with van der Waals surface area (Å²) in [6, 6.07) is 13.5. The highest BCUT2D eigenvalue weighted by molar-refractivity contribution is 6.08. The number of benzene rings is 3. The topological polar surface area (TPSA) is 18.5 Å². The van der Waals surface area contributed by atoms with Gasteiger partial charge in [0.05, 0.1) is 13.2 Å². The van der Waals surface area contributed by atoms with E-state index in [1.165, 1.54) is 19.3 Å². The Kier molecular flexibility index (Phi) is 7.53. The van der Waals surface area contributed by atoms with Gasteiger partial charge in [-0.1, -0.05) is 64.2 Å². The normalized spacial score (nSPS) is 11.2. The van der Waals surface area contributed by atoms with Crippen LogP contribution < -0.4 is 9.47 Å². The highest BCUT2D eigenvalue weighted by Crippen LogP contribution is 2.33. The van der Waals surface area contributed by atoms with Crippen molar-refractivity contribution in [2.24, 2.45) is 0 Å². The van der Waals surface area contributed by atoms with Gasteiger partial charge >= 0.3 is 0 Å².